The number of nitrogens with zero attached hydrogens (tertiary/aromatic N) is 3. The van der Waals surface area contributed by atoms with Crippen LogP contribution >= 0.6 is 11.3 Å². The van der Waals surface area contributed by atoms with Gasteiger partial charge in [0, 0.05) is 12.1 Å². The number of allylic oxidation sites excluding steroid dienone is 1. The van der Waals surface area contributed by atoms with Gasteiger partial charge in [-0.05, 0) is 41.8 Å². The molecule has 8 nitrogen and oxygen atoms in total. The van der Waals surface area contributed by atoms with Gasteiger partial charge in [-0.2, -0.15) is 0 Å². The Morgan fingerprint density at radius 1 is 1.17 bits per heavy atom. The van der Waals surface area contributed by atoms with Gasteiger partial charge in [-0.3, -0.25) is 19.5 Å². The Morgan fingerprint density at radius 2 is 1.92 bits per heavy atom. The molecular weight excluding hydrogens is 478 g/mol. The van der Waals surface area contributed by atoms with Crippen molar-refractivity contribution < 1.29 is 14.5 Å². The fourth-order valence-corrected chi connectivity index (χ4v) is 5.50. The predicted octanol–water partition coefficient (Wildman–Crippen LogP) is 3.86. The highest BCUT2D eigenvalue weighted by atomic mass is 32.1. The van der Waals surface area contributed by atoms with Crippen LogP contribution in [0.4, 0.5) is 5.69 Å². The molecule has 0 saturated heterocycles. The maximum atomic E-state index is 13.8. The number of rotatable bonds is 5. The zero-order chi connectivity index (χ0) is 25.4. The molecule has 0 N–H and O–H groups in total. The highest BCUT2D eigenvalue weighted by Gasteiger charge is 2.34. The summed E-state index contributed by atoms with van der Waals surface area (Å²) in [7, 11) is 0. The summed E-state index contributed by atoms with van der Waals surface area (Å²) in [6, 6.07) is 18.9. The largest absolute Gasteiger partial charge is 0.463 e. The van der Waals surface area contributed by atoms with Gasteiger partial charge in [-0.15, -0.1) is 0 Å². The van der Waals surface area contributed by atoms with Crippen LogP contribution in [0.2, 0.25) is 0 Å². The summed E-state index contributed by atoms with van der Waals surface area (Å²) >= 11 is 1.18. The molecule has 0 bridgehead atoms. The summed E-state index contributed by atoms with van der Waals surface area (Å²) < 4.78 is 7.25. The molecule has 1 aliphatic heterocycles. The summed E-state index contributed by atoms with van der Waals surface area (Å²) in [5.41, 5.74) is 1.70. The highest BCUT2D eigenvalue weighted by molar-refractivity contribution is 7.07. The second kappa shape index (κ2) is 9.35. The van der Waals surface area contributed by atoms with Crippen molar-refractivity contribution in [3.8, 4) is 0 Å². The Morgan fingerprint density at radius 3 is 2.69 bits per heavy atom. The van der Waals surface area contributed by atoms with E-state index in [-0.39, 0.29) is 17.9 Å². The number of aromatic nitrogens is 1. The van der Waals surface area contributed by atoms with Crippen LogP contribution in [0.3, 0.4) is 0 Å². The summed E-state index contributed by atoms with van der Waals surface area (Å²) in [5, 5.41) is 13.1. The molecular formula is C27H21N3O5S. The summed E-state index contributed by atoms with van der Waals surface area (Å²) in [4.78, 5) is 42.6. The van der Waals surface area contributed by atoms with Gasteiger partial charge in [0.25, 0.3) is 11.2 Å². The van der Waals surface area contributed by atoms with Crippen molar-refractivity contribution in [3.05, 3.63) is 119 Å². The lowest BCUT2D eigenvalue weighted by molar-refractivity contribution is -0.384. The first kappa shape index (κ1) is 23.4. The number of ether oxygens (including phenoxy) is 1. The highest BCUT2D eigenvalue weighted by Crippen LogP contribution is 2.34. The van der Waals surface area contributed by atoms with Gasteiger partial charge in [0.2, 0.25) is 0 Å². The number of nitro groups is 1. The molecule has 1 aromatic heterocycles. The van der Waals surface area contributed by atoms with Crippen molar-refractivity contribution in [2.24, 2.45) is 4.99 Å². The quantitative estimate of drug-likeness (QED) is 0.236. The zero-order valence-corrected chi connectivity index (χ0v) is 20.3. The van der Waals surface area contributed by atoms with E-state index < -0.39 is 16.9 Å². The van der Waals surface area contributed by atoms with Gasteiger partial charge < -0.3 is 4.74 Å². The van der Waals surface area contributed by atoms with E-state index in [0.29, 0.717) is 26.2 Å². The summed E-state index contributed by atoms with van der Waals surface area (Å²) in [6.07, 6.45) is 1.61. The van der Waals surface area contributed by atoms with Crippen molar-refractivity contribution >= 4 is 39.8 Å². The average molecular weight is 500 g/mol. The number of esters is 1. The first-order valence-electron chi connectivity index (χ1n) is 11.3. The van der Waals surface area contributed by atoms with Crippen molar-refractivity contribution in [2.45, 2.75) is 19.9 Å². The van der Waals surface area contributed by atoms with Gasteiger partial charge in [-0.1, -0.05) is 65.9 Å². The Bertz CT molecular complexity index is 1740. The van der Waals surface area contributed by atoms with Crippen LogP contribution in [-0.4, -0.2) is 22.1 Å². The number of carbonyl (C=O) groups is 1. The molecule has 4 aromatic rings. The van der Waals surface area contributed by atoms with Crippen molar-refractivity contribution in [3.63, 3.8) is 0 Å². The van der Waals surface area contributed by atoms with Crippen molar-refractivity contribution in [1.82, 2.24) is 4.57 Å². The number of hydrogen-bond acceptors (Lipinski definition) is 7. The van der Waals surface area contributed by atoms with Gasteiger partial charge in [0.1, 0.15) is 0 Å². The minimum Gasteiger partial charge on any atom is -0.463 e. The van der Waals surface area contributed by atoms with Gasteiger partial charge in [-0.25, -0.2) is 9.79 Å². The third-order valence-corrected chi connectivity index (χ3v) is 7.00. The molecule has 9 heteroatoms. The molecule has 0 radical (unpaired) electrons. The monoisotopic (exact) mass is 499 g/mol. The second-order valence-electron chi connectivity index (χ2n) is 8.22. The molecule has 3 aromatic carbocycles. The molecule has 0 saturated carbocycles. The number of hydrogen-bond donors (Lipinski definition) is 0. The normalized spacial score (nSPS) is 15.5. The summed E-state index contributed by atoms with van der Waals surface area (Å²) in [6.45, 7) is 3.66. The second-order valence-corrected chi connectivity index (χ2v) is 9.23. The zero-order valence-electron chi connectivity index (χ0n) is 19.5. The first-order chi connectivity index (χ1) is 17.4. The van der Waals surface area contributed by atoms with Gasteiger partial charge in [0.05, 0.1) is 33.4 Å². The maximum Gasteiger partial charge on any atom is 0.338 e. The topological polar surface area (TPSA) is 104 Å². The third-order valence-electron chi connectivity index (χ3n) is 6.01. The maximum absolute atomic E-state index is 13.8. The molecule has 0 spiro atoms. The molecule has 36 heavy (non-hydrogen) atoms. The lowest BCUT2D eigenvalue weighted by Gasteiger charge is -2.25. The van der Waals surface area contributed by atoms with Crippen LogP contribution in [0.5, 0.6) is 0 Å². The fourth-order valence-electron chi connectivity index (χ4n) is 4.45. The lowest BCUT2D eigenvalue weighted by Crippen LogP contribution is -2.40. The van der Waals surface area contributed by atoms with Crippen LogP contribution < -0.4 is 14.9 Å². The van der Waals surface area contributed by atoms with E-state index >= 15 is 0 Å². The Kier molecular flexibility index (Phi) is 6.07. The lowest BCUT2D eigenvalue weighted by atomic mass is 9.91. The van der Waals surface area contributed by atoms with E-state index in [2.05, 4.69) is 4.99 Å². The van der Waals surface area contributed by atoms with Crippen LogP contribution in [0, 0.1) is 10.1 Å². The van der Waals surface area contributed by atoms with Crippen LogP contribution in [-0.2, 0) is 9.53 Å². The van der Waals surface area contributed by atoms with E-state index in [4.69, 9.17) is 4.74 Å². The minimum atomic E-state index is -0.737. The van der Waals surface area contributed by atoms with Crippen LogP contribution in [0.1, 0.15) is 31.0 Å². The van der Waals surface area contributed by atoms with E-state index in [1.165, 1.54) is 28.0 Å². The van der Waals surface area contributed by atoms with E-state index in [1.807, 2.05) is 42.5 Å². The molecule has 5 rings (SSSR count). The molecule has 0 amide bonds. The third kappa shape index (κ3) is 4.03. The number of fused-ring (bicyclic) bond motifs is 2. The van der Waals surface area contributed by atoms with Crippen LogP contribution in [0.25, 0.3) is 16.8 Å². The molecule has 0 unspecified atom stereocenters. The molecule has 0 fully saturated rings. The van der Waals surface area contributed by atoms with Gasteiger partial charge in [0.15, 0.2) is 4.80 Å². The van der Waals surface area contributed by atoms with E-state index in [1.54, 1.807) is 32.1 Å². The number of thiazole rings is 1. The number of nitro benzene ring substituents is 1. The molecule has 0 aliphatic carbocycles. The Balaban J connectivity index is 1.78. The molecule has 1 aliphatic rings. The number of benzene rings is 3. The van der Waals surface area contributed by atoms with Crippen molar-refractivity contribution in [2.75, 3.05) is 6.61 Å². The Hall–Kier alpha value is -4.37. The number of non-ortho nitro benzene ring substituents is 1. The number of carbonyl (C=O) groups excluding carboxylic acids is 1. The molecule has 2 heterocycles. The smallest absolute Gasteiger partial charge is 0.338 e. The first-order valence-corrected chi connectivity index (χ1v) is 12.1. The Labute approximate surface area is 209 Å². The van der Waals surface area contributed by atoms with Crippen LogP contribution in [0.15, 0.2) is 87.8 Å². The summed E-state index contributed by atoms with van der Waals surface area (Å²) in [5.74, 6) is -0.523. The fraction of sp³-hybridized carbons (Fsp3) is 0.148. The minimum absolute atomic E-state index is 0.0643. The molecule has 1 atom stereocenters. The standard InChI is InChI=1S/C27H21N3O5S/c1-3-35-26(32)23-16(2)28-27-29(24(23)21-13-7-10-18-9-4-5-12-20(18)21)25(31)22(36-27)15-17-8-6-11-19(14-17)30(33)34/h4-15,24H,3H2,1-2H3/b22-15+/t24-/m0/s1. The van der Waals surface area contributed by atoms with E-state index in [0.717, 1.165) is 16.3 Å². The van der Waals surface area contributed by atoms with Crippen molar-refractivity contribution in [1.29, 1.82) is 0 Å². The predicted molar refractivity (Wildman–Crippen MR) is 137 cm³/mol. The van der Waals surface area contributed by atoms with Gasteiger partial charge >= 0.3 is 5.97 Å². The molecule has 180 valence electrons. The average Bonchev–Trinajstić information content (AvgIpc) is 3.17. The SMILES string of the molecule is CCOC(=O)C1=C(C)N=c2s/c(=C/c3cccc([N+](=O)[O-])c3)c(=O)n2[C@H]1c1cccc2ccccc12. The van der Waals surface area contributed by atoms with E-state index in [9.17, 15) is 19.7 Å².